The Balaban J connectivity index is 1.35. The van der Waals surface area contributed by atoms with Gasteiger partial charge >= 0.3 is 0 Å². The van der Waals surface area contributed by atoms with Crippen LogP contribution >= 0.6 is 0 Å². The summed E-state index contributed by atoms with van der Waals surface area (Å²) in [5, 5.41) is 6.56. The number of anilines is 2. The Morgan fingerprint density at radius 2 is 1.55 bits per heavy atom. The number of benzene rings is 3. The first-order valence-electron chi connectivity index (χ1n) is 10.5. The van der Waals surface area contributed by atoms with Gasteiger partial charge in [0.1, 0.15) is 17.1 Å². The Kier molecular flexibility index (Phi) is 6.59. The van der Waals surface area contributed by atoms with Gasteiger partial charge in [-0.25, -0.2) is 0 Å². The molecule has 2 N–H and O–H groups in total. The van der Waals surface area contributed by atoms with Gasteiger partial charge in [-0.2, -0.15) is 0 Å². The zero-order valence-corrected chi connectivity index (χ0v) is 18.4. The van der Waals surface area contributed by atoms with E-state index in [1.807, 2.05) is 19.1 Å². The predicted octanol–water partition coefficient (Wildman–Crippen LogP) is 5.27. The number of rotatable bonds is 8. The van der Waals surface area contributed by atoms with Crippen molar-refractivity contribution in [2.75, 3.05) is 24.4 Å². The smallest absolute Gasteiger partial charge is 0.255 e. The fraction of sp³-hybridized carbons (Fsp3) is 0.154. The third-order valence-corrected chi connectivity index (χ3v) is 5.07. The van der Waals surface area contributed by atoms with Crippen LogP contribution in [-0.2, 0) is 11.2 Å². The van der Waals surface area contributed by atoms with E-state index >= 15 is 0 Å². The minimum atomic E-state index is -0.239. The summed E-state index contributed by atoms with van der Waals surface area (Å²) in [6.07, 6.45) is 1.75. The Morgan fingerprint density at radius 1 is 0.879 bits per heavy atom. The second kappa shape index (κ2) is 9.91. The van der Waals surface area contributed by atoms with Gasteiger partial charge < -0.3 is 24.5 Å². The maximum absolute atomic E-state index is 12.5. The number of nitrogens with one attached hydrogen (secondary N) is 2. The van der Waals surface area contributed by atoms with Crippen molar-refractivity contribution in [2.45, 2.75) is 13.3 Å². The topological polar surface area (TPSA) is 89.8 Å². The van der Waals surface area contributed by atoms with E-state index in [1.165, 1.54) is 0 Å². The third kappa shape index (κ3) is 5.33. The first-order chi connectivity index (χ1) is 16.1. The van der Waals surface area contributed by atoms with Crippen molar-refractivity contribution in [3.8, 4) is 11.5 Å². The summed E-state index contributed by atoms with van der Waals surface area (Å²) in [6.45, 7) is 2.50. The zero-order valence-electron chi connectivity index (χ0n) is 18.4. The highest BCUT2D eigenvalue weighted by atomic mass is 16.5. The monoisotopic (exact) mass is 444 g/mol. The van der Waals surface area contributed by atoms with Crippen molar-refractivity contribution in [2.24, 2.45) is 0 Å². The average molecular weight is 444 g/mol. The van der Waals surface area contributed by atoms with Gasteiger partial charge in [0, 0.05) is 34.0 Å². The SMILES string of the molecule is CCOc1ccc(NC(=O)c2ccc(NC(=O)Cc3coc4cc(OC)ccc34)cc2)cc1. The summed E-state index contributed by atoms with van der Waals surface area (Å²) in [5.74, 6) is 1.02. The molecule has 3 aromatic carbocycles. The molecule has 0 atom stereocenters. The molecule has 1 heterocycles. The van der Waals surface area contributed by atoms with Crippen LogP contribution in [0.4, 0.5) is 11.4 Å². The van der Waals surface area contributed by atoms with E-state index in [0.717, 1.165) is 16.7 Å². The quantitative estimate of drug-likeness (QED) is 0.386. The molecule has 0 saturated heterocycles. The Hall–Kier alpha value is -4.26. The van der Waals surface area contributed by atoms with Gasteiger partial charge in [0.25, 0.3) is 5.91 Å². The number of carbonyl (C=O) groups is 2. The molecule has 168 valence electrons. The fourth-order valence-electron chi connectivity index (χ4n) is 3.41. The Labute approximate surface area is 191 Å². The van der Waals surface area contributed by atoms with Crippen LogP contribution in [0.25, 0.3) is 11.0 Å². The van der Waals surface area contributed by atoms with Gasteiger partial charge in [-0.15, -0.1) is 0 Å². The molecule has 33 heavy (non-hydrogen) atoms. The molecule has 7 nitrogen and oxygen atoms in total. The Morgan fingerprint density at radius 3 is 2.24 bits per heavy atom. The average Bonchev–Trinajstić information content (AvgIpc) is 3.22. The van der Waals surface area contributed by atoms with Crippen LogP contribution in [-0.4, -0.2) is 25.5 Å². The van der Waals surface area contributed by atoms with Crippen LogP contribution in [0, 0.1) is 0 Å². The Bertz CT molecular complexity index is 1260. The molecule has 0 bridgehead atoms. The lowest BCUT2D eigenvalue weighted by Crippen LogP contribution is -2.15. The van der Waals surface area contributed by atoms with Crippen molar-refractivity contribution in [1.29, 1.82) is 0 Å². The van der Waals surface area contributed by atoms with Crippen LogP contribution < -0.4 is 20.1 Å². The minimum Gasteiger partial charge on any atom is -0.497 e. The highest BCUT2D eigenvalue weighted by Gasteiger charge is 2.12. The number of methoxy groups -OCH3 is 1. The van der Waals surface area contributed by atoms with Crippen LogP contribution in [0.2, 0.25) is 0 Å². The van der Waals surface area contributed by atoms with Crippen molar-refractivity contribution >= 4 is 34.2 Å². The summed E-state index contributed by atoms with van der Waals surface area (Å²) >= 11 is 0. The molecule has 0 fully saturated rings. The van der Waals surface area contributed by atoms with Gasteiger partial charge in [-0.3, -0.25) is 9.59 Å². The summed E-state index contributed by atoms with van der Waals surface area (Å²) < 4.78 is 16.1. The molecule has 4 aromatic rings. The lowest BCUT2D eigenvalue weighted by Gasteiger charge is -2.08. The number of amides is 2. The molecule has 0 aliphatic heterocycles. The molecule has 0 radical (unpaired) electrons. The first-order valence-corrected chi connectivity index (χ1v) is 10.5. The largest absolute Gasteiger partial charge is 0.497 e. The zero-order chi connectivity index (χ0) is 23.2. The lowest BCUT2D eigenvalue weighted by molar-refractivity contribution is -0.115. The summed E-state index contributed by atoms with van der Waals surface area (Å²) in [6, 6.07) is 19.4. The predicted molar refractivity (Wildman–Crippen MR) is 127 cm³/mol. The number of hydrogen-bond donors (Lipinski definition) is 2. The van der Waals surface area contributed by atoms with Crippen LogP contribution in [0.5, 0.6) is 11.5 Å². The highest BCUT2D eigenvalue weighted by Crippen LogP contribution is 2.26. The molecule has 0 aliphatic carbocycles. The van der Waals surface area contributed by atoms with E-state index in [2.05, 4.69) is 10.6 Å². The van der Waals surface area contributed by atoms with Gasteiger partial charge in [0.15, 0.2) is 0 Å². The summed E-state index contributed by atoms with van der Waals surface area (Å²) in [5.41, 5.74) is 3.21. The van der Waals surface area contributed by atoms with Gasteiger partial charge in [0.2, 0.25) is 5.91 Å². The molecule has 0 spiro atoms. The lowest BCUT2D eigenvalue weighted by atomic mass is 10.1. The standard InChI is InChI=1S/C26H24N2O5/c1-3-32-21-10-8-20(9-11-21)28-26(30)17-4-6-19(7-5-17)27-25(29)14-18-16-33-24-15-22(31-2)12-13-23(18)24/h4-13,15-16H,3,14H2,1-2H3,(H,27,29)(H,28,30). The number of furan rings is 1. The molecule has 1 aromatic heterocycles. The number of ether oxygens (including phenoxy) is 2. The maximum atomic E-state index is 12.5. The van der Waals surface area contributed by atoms with Crippen molar-refractivity contribution in [3.63, 3.8) is 0 Å². The first kappa shape index (κ1) is 22.0. The van der Waals surface area contributed by atoms with E-state index in [0.29, 0.717) is 34.9 Å². The molecule has 2 amide bonds. The van der Waals surface area contributed by atoms with Crippen LogP contribution in [0.3, 0.4) is 0 Å². The molecule has 0 unspecified atom stereocenters. The third-order valence-electron chi connectivity index (χ3n) is 5.07. The van der Waals surface area contributed by atoms with Crippen LogP contribution in [0.1, 0.15) is 22.8 Å². The summed E-state index contributed by atoms with van der Waals surface area (Å²) in [4.78, 5) is 25.0. The van der Waals surface area contributed by atoms with E-state index in [4.69, 9.17) is 13.9 Å². The highest BCUT2D eigenvalue weighted by molar-refractivity contribution is 6.04. The molecular formula is C26H24N2O5. The van der Waals surface area contributed by atoms with Crippen molar-refractivity contribution < 1.29 is 23.5 Å². The normalized spacial score (nSPS) is 10.6. The molecule has 0 aliphatic rings. The number of carbonyl (C=O) groups excluding carboxylic acids is 2. The van der Waals surface area contributed by atoms with Crippen molar-refractivity contribution in [3.05, 3.63) is 84.1 Å². The molecule has 4 rings (SSSR count). The second-order valence-electron chi connectivity index (χ2n) is 7.34. The van der Waals surface area contributed by atoms with Gasteiger partial charge in [-0.05, 0) is 67.6 Å². The minimum absolute atomic E-state index is 0.166. The number of fused-ring (bicyclic) bond motifs is 1. The van der Waals surface area contributed by atoms with E-state index < -0.39 is 0 Å². The summed E-state index contributed by atoms with van der Waals surface area (Å²) in [7, 11) is 1.59. The molecule has 7 heteroatoms. The maximum Gasteiger partial charge on any atom is 0.255 e. The van der Waals surface area contributed by atoms with E-state index in [-0.39, 0.29) is 18.2 Å². The molecule has 0 saturated carbocycles. The van der Waals surface area contributed by atoms with E-state index in [1.54, 1.807) is 68.0 Å². The van der Waals surface area contributed by atoms with Gasteiger partial charge in [0.05, 0.1) is 26.4 Å². The second-order valence-corrected chi connectivity index (χ2v) is 7.34. The van der Waals surface area contributed by atoms with E-state index in [9.17, 15) is 9.59 Å². The number of hydrogen-bond acceptors (Lipinski definition) is 5. The van der Waals surface area contributed by atoms with Gasteiger partial charge in [-0.1, -0.05) is 0 Å². The fourth-order valence-corrected chi connectivity index (χ4v) is 3.41. The van der Waals surface area contributed by atoms with Crippen molar-refractivity contribution in [1.82, 2.24) is 0 Å². The molecular weight excluding hydrogens is 420 g/mol. The van der Waals surface area contributed by atoms with Crippen LogP contribution in [0.15, 0.2) is 77.4 Å².